The molecule has 0 atom stereocenters. The zero-order valence-electron chi connectivity index (χ0n) is 12.9. The van der Waals surface area contributed by atoms with Gasteiger partial charge in [0.2, 0.25) is 11.9 Å². The fourth-order valence-corrected chi connectivity index (χ4v) is 1.85. The van der Waals surface area contributed by atoms with Crippen molar-refractivity contribution < 1.29 is 9.15 Å². The Morgan fingerprint density at radius 2 is 2.10 bits per heavy atom. The second-order valence-corrected chi connectivity index (χ2v) is 4.56. The lowest BCUT2D eigenvalue weighted by Crippen LogP contribution is -2.21. The number of hydrogen-bond donors (Lipinski definition) is 1. The predicted octanol–water partition coefficient (Wildman–Crippen LogP) is 2.24. The van der Waals surface area contributed by atoms with Crippen LogP contribution in [0.15, 0.2) is 16.7 Å². The summed E-state index contributed by atoms with van der Waals surface area (Å²) in [6.45, 7) is 7.73. The van der Waals surface area contributed by atoms with Gasteiger partial charge in [0, 0.05) is 25.7 Å². The van der Waals surface area contributed by atoms with Gasteiger partial charge in [-0.25, -0.2) is 0 Å². The highest BCUT2D eigenvalue weighted by atomic mass is 16.5. The molecule has 0 unspecified atom stereocenters. The zero-order chi connectivity index (χ0) is 15.2. The summed E-state index contributed by atoms with van der Waals surface area (Å²) in [6.07, 6.45) is 1.68. The topological polar surface area (TPSA) is 76.3 Å². The van der Waals surface area contributed by atoms with Crippen LogP contribution in [0.2, 0.25) is 0 Å². The number of nitrogens with zero attached hydrogens (tertiary/aromatic N) is 4. The molecule has 0 aromatic carbocycles. The molecule has 0 saturated heterocycles. The average Bonchev–Trinajstić information content (AvgIpc) is 2.85. The minimum absolute atomic E-state index is 0.328. The first-order chi connectivity index (χ1) is 10.1. The third kappa shape index (κ3) is 3.84. The van der Waals surface area contributed by atoms with Gasteiger partial charge in [-0.15, -0.1) is 0 Å². The number of ether oxygens (including phenoxy) is 1. The third-order valence-corrected chi connectivity index (χ3v) is 2.93. The summed E-state index contributed by atoms with van der Waals surface area (Å²) >= 11 is 0. The van der Waals surface area contributed by atoms with Crippen molar-refractivity contribution in [2.75, 3.05) is 30.4 Å². The Balaban J connectivity index is 2.22. The molecule has 0 aliphatic carbocycles. The van der Waals surface area contributed by atoms with Crippen LogP contribution >= 0.6 is 0 Å². The molecule has 2 rings (SSSR count). The van der Waals surface area contributed by atoms with E-state index >= 15 is 0 Å². The number of nitrogens with one attached hydrogen (secondary N) is 1. The van der Waals surface area contributed by atoms with Crippen molar-refractivity contribution in [3.05, 3.63) is 23.7 Å². The molecule has 0 aliphatic heterocycles. The molecule has 2 aromatic rings. The van der Waals surface area contributed by atoms with E-state index < -0.39 is 0 Å². The van der Waals surface area contributed by atoms with Gasteiger partial charge in [0.25, 0.3) is 0 Å². The standard InChI is InChI=1S/C14H21N5O2/c1-5-15-12-16-13(18-14(17-12)20-6-2)19(4)9-11-7-8-21-10(11)3/h7-8H,5-6,9H2,1-4H3,(H,15,16,17,18). The number of rotatable bonds is 7. The van der Waals surface area contributed by atoms with Crippen LogP contribution in [0.5, 0.6) is 6.01 Å². The smallest absolute Gasteiger partial charge is 0.323 e. The summed E-state index contributed by atoms with van der Waals surface area (Å²) < 4.78 is 10.7. The fraction of sp³-hybridized carbons (Fsp3) is 0.500. The quantitative estimate of drug-likeness (QED) is 0.838. The van der Waals surface area contributed by atoms with Crippen molar-refractivity contribution >= 4 is 11.9 Å². The first kappa shape index (κ1) is 15.1. The zero-order valence-corrected chi connectivity index (χ0v) is 12.9. The van der Waals surface area contributed by atoms with E-state index in [0.717, 1.165) is 17.9 Å². The van der Waals surface area contributed by atoms with E-state index in [1.807, 2.05) is 38.8 Å². The number of hydrogen-bond acceptors (Lipinski definition) is 7. The molecule has 0 saturated carbocycles. The Morgan fingerprint density at radius 3 is 2.71 bits per heavy atom. The Hall–Kier alpha value is -2.31. The van der Waals surface area contributed by atoms with Crippen LogP contribution in [0.3, 0.4) is 0 Å². The van der Waals surface area contributed by atoms with E-state index in [1.54, 1.807) is 6.26 Å². The van der Waals surface area contributed by atoms with Crippen LogP contribution in [-0.2, 0) is 6.54 Å². The maximum atomic E-state index is 5.40. The van der Waals surface area contributed by atoms with Crippen molar-refractivity contribution in [2.45, 2.75) is 27.3 Å². The normalized spacial score (nSPS) is 10.5. The Morgan fingerprint density at radius 1 is 1.29 bits per heavy atom. The van der Waals surface area contributed by atoms with Crippen molar-refractivity contribution in [3.8, 4) is 6.01 Å². The summed E-state index contributed by atoms with van der Waals surface area (Å²) in [7, 11) is 1.92. The van der Waals surface area contributed by atoms with Crippen molar-refractivity contribution in [1.82, 2.24) is 15.0 Å². The summed E-state index contributed by atoms with van der Waals surface area (Å²) in [4.78, 5) is 14.9. The molecular weight excluding hydrogens is 270 g/mol. The van der Waals surface area contributed by atoms with Crippen LogP contribution in [0.25, 0.3) is 0 Å². The molecule has 114 valence electrons. The van der Waals surface area contributed by atoms with E-state index in [2.05, 4.69) is 20.3 Å². The molecule has 7 nitrogen and oxygen atoms in total. The monoisotopic (exact) mass is 291 g/mol. The van der Waals surface area contributed by atoms with Crippen molar-refractivity contribution in [3.63, 3.8) is 0 Å². The third-order valence-electron chi connectivity index (χ3n) is 2.93. The van der Waals surface area contributed by atoms with E-state index in [1.165, 1.54) is 0 Å². The molecule has 7 heteroatoms. The van der Waals surface area contributed by atoms with E-state index in [0.29, 0.717) is 31.1 Å². The Bertz CT molecular complexity index is 560. The number of aryl methyl sites for hydroxylation is 1. The number of aromatic nitrogens is 3. The number of furan rings is 1. The summed E-state index contributed by atoms with van der Waals surface area (Å²) in [5.41, 5.74) is 1.10. The molecule has 0 aliphatic rings. The molecule has 2 aromatic heterocycles. The minimum atomic E-state index is 0.328. The number of anilines is 2. The lowest BCUT2D eigenvalue weighted by atomic mass is 10.2. The van der Waals surface area contributed by atoms with Crippen LogP contribution in [-0.4, -0.2) is 35.2 Å². The van der Waals surface area contributed by atoms with Gasteiger partial charge in [0.15, 0.2) is 0 Å². The van der Waals surface area contributed by atoms with E-state index in [-0.39, 0.29) is 0 Å². The predicted molar refractivity (Wildman–Crippen MR) is 80.7 cm³/mol. The molecule has 0 amide bonds. The SMILES string of the molecule is CCNc1nc(OCC)nc(N(C)Cc2ccoc2C)n1. The van der Waals surface area contributed by atoms with Gasteiger partial charge in [-0.2, -0.15) is 15.0 Å². The molecule has 0 spiro atoms. The first-order valence-corrected chi connectivity index (χ1v) is 7.00. The minimum Gasteiger partial charge on any atom is -0.469 e. The Kier molecular flexibility index (Phi) is 4.97. The average molecular weight is 291 g/mol. The van der Waals surface area contributed by atoms with Crippen LogP contribution in [0.4, 0.5) is 11.9 Å². The second-order valence-electron chi connectivity index (χ2n) is 4.56. The van der Waals surface area contributed by atoms with E-state index in [4.69, 9.17) is 9.15 Å². The first-order valence-electron chi connectivity index (χ1n) is 7.00. The molecule has 2 heterocycles. The van der Waals surface area contributed by atoms with Crippen LogP contribution < -0.4 is 15.0 Å². The highest BCUT2D eigenvalue weighted by molar-refractivity contribution is 5.38. The van der Waals surface area contributed by atoms with Crippen molar-refractivity contribution in [2.24, 2.45) is 0 Å². The van der Waals surface area contributed by atoms with E-state index in [9.17, 15) is 0 Å². The van der Waals surface area contributed by atoms with Gasteiger partial charge in [-0.1, -0.05) is 0 Å². The molecule has 21 heavy (non-hydrogen) atoms. The van der Waals surface area contributed by atoms with Gasteiger partial charge in [-0.05, 0) is 26.8 Å². The summed E-state index contributed by atoms with van der Waals surface area (Å²) in [5, 5.41) is 3.08. The van der Waals surface area contributed by atoms with Gasteiger partial charge in [-0.3, -0.25) is 0 Å². The highest BCUT2D eigenvalue weighted by Gasteiger charge is 2.13. The van der Waals surface area contributed by atoms with Gasteiger partial charge in [0.1, 0.15) is 5.76 Å². The molecule has 1 N–H and O–H groups in total. The molecule has 0 bridgehead atoms. The lowest BCUT2D eigenvalue weighted by molar-refractivity contribution is 0.312. The maximum absolute atomic E-state index is 5.40. The maximum Gasteiger partial charge on any atom is 0.323 e. The molecule has 0 fully saturated rings. The fourth-order valence-electron chi connectivity index (χ4n) is 1.85. The van der Waals surface area contributed by atoms with Gasteiger partial charge in [0.05, 0.1) is 12.9 Å². The largest absolute Gasteiger partial charge is 0.469 e. The summed E-state index contributed by atoms with van der Waals surface area (Å²) in [6, 6.07) is 2.27. The molecule has 0 radical (unpaired) electrons. The van der Waals surface area contributed by atoms with Crippen molar-refractivity contribution in [1.29, 1.82) is 0 Å². The van der Waals surface area contributed by atoms with Crippen LogP contribution in [0, 0.1) is 6.92 Å². The lowest BCUT2D eigenvalue weighted by Gasteiger charge is -2.17. The highest BCUT2D eigenvalue weighted by Crippen LogP contribution is 2.18. The van der Waals surface area contributed by atoms with Gasteiger partial charge < -0.3 is 19.4 Å². The van der Waals surface area contributed by atoms with Crippen LogP contribution in [0.1, 0.15) is 25.2 Å². The Labute approximate surface area is 124 Å². The summed E-state index contributed by atoms with van der Waals surface area (Å²) in [5.74, 6) is 1.97. The molecular formula is C14H21N5O2. The van der Waals surface area contributed by atoms with Gasteiger partial charge >= 0.3 is 6.01 Å². The second kappa shape index (κ2) is 6.92.